The molecule has 104 valence electrons. The molecule has 2 saturated heterocycles. The van der Waals surface area contributed by atoms with Crippen molar-refractivity contribution in [2.45, 2.75) is 24.4 Å². The quantitative estimate of drug-likeness (QED) is 0.595. The predicted octanol–water partition coefficient (Wildman–Crippen LogP) is -1.12. The van der Waals surface area contributed by atoms with Gasteiger partial charge in [0.05, 0.1) is 31.3 Å². The molecule has 6 heteroatoms. The lowest BCUT2D eigenvalue weighted by molar-refractivity contribution is -0.129. The summed E-state index contributed by atoms with van der Waals surface area (Å²) < 4.78 is 10.6. The number of ether oxygens (including phenoxy) is 2. The van der Waals surface area contributed by atoms with Crippen LogP contribution in [0, 0.1) is 5.92 Å². The van der Waals surface area contributed by atoms with Gasteiger partial charge in [-0.15, -0.1) is 0 Å². The molecule has 2 atom stereocenters. The Morgan fingerprint density at radius 3 is 2.67 bits per heavy atom. The molecule has 1 amide bonds. The maximum Gasteiger partial charge on any atom is 0.227 e. The zero-order valence-corrected chi connectivity index (χ0v) is 10.8. The van der Waals surface area contributed by atoms with Gasteiger partial charge in [-0.05, 0) is 19.9 Å². The SMILES string of the molecule is CNC1COCC1C(=O)NC1(CO)CCOCC1. The fourth-order valence-corrected chi connectivity index (χ4v) is 2.54. The van der Waals surface area contributed by atoms with Gasteiger partial charge in [0.2, 0.25) is 5.91 Å². The molecule has 6 nitrogen and oxygen atoms in total. The number of hydrogen-bond donors (Lipinski definition) is 3. The number of aliphatic hydroxyl groups is 1. The van der Waals surface area contributed by atoms with Gasteiger partial charge >= 0.3 is 0 Å². The summed E-state index contributed by atoms with van der Waals surface area (Å²) in [4.78, 5) is 12.3. The largest absolute Gasteiger partial charge is 0.394 e. The molecule has 0 radical (unpaired) electrons. The number of rotatable bonds is 4. The monoisotopic (exact) mass is 258 g/mol. The molecule has 3 N–H and O–H groups in total. The highest BCUT2D eigenvalue weighted by atomic mass is 16.5. The van der Waals surface area contributed by atoms with Gasteiger partial charge in [-0.25, -0.2) is 0 Å². The van der Waals surface area contributed by atoms with Crippen LogP contribution in [0.4, 0.5) is 0 Å². The normalized spacial score (nSPS) is 31.2. The number of carbonyl (C=O) groups is 1. The number of carbonyl (C=O) groups excluding carboxylic acids is 1. The Morgan fingerprint density at radius 2 is 2.06 bits per heavy atom. The maximum absolute atomic E-state index is 12.3. The fraction of sp³-hybridized carbons (Fsp3) is 0.917. The maximum atomic E-state index is 12.3. The van der Waals surface area contributed by atoms with Gasteiger partial charge in [0.25, 0.3) is 0 Å². The summed E-state index contributed by atoms with van der Waals surface area (Å²) >= 11 is 0. The summed E-state index contributed by atoms with van der Waals surface area (Å²) in [6.45, 7) is 2.12. The Balaban J connectivity index is 1.96. The zero-order valence-electron chi connectivity index (χ0n) is 10.8. The molecule has 0 aromatic rings. The van der Waals surface area contributed by atoms with Crippen molar-refractivity contribution in [1.29, 1.82) is 0 Å². The summed E-state index contributed by atoms with van der Waals surface area (Å²) in [7, 11) is 1.83. The van der Waals surface area contributed by atoms with Gasteiger partial charge < -0.3 is 25.2 Å². The van der Waals surface area contributed by atoms with Crippen LogP contribution in [0.2, 0.25) is 0 Å². The van der Waals surface area contributed by atoms with Gasteiger partial charge in [-0.3, -0.25) is 4.79 Å². The Kier molecular flexibility index (Phi) is 4.55. The Bertz CT molecular complexity index is 292. The van der Waals surface area contributed by atoms with E-state index in [0.29, 0.717) is 39.3 Å². The van der Waals surface area contributed by atoms with Crippen LogP contribution in [0.15, 0.2) is 0 Å². The molecule has 2 rings (SSSR count). The standard InChI is InChI=1S/C12H22N2O4/c1-13-10-7-18-6-9(10)11(16)14-12(8-15)2-4-17-5-3-12/h9-10,13,15H,2-8H2,1H3,(H,14,16). The van der Waals surface area contributed by atoms with Crippen molar-refractivity contribution in [2.75, 3.05) is 40.1 Å². The second-order valence-corrected chi connectivity index (χ2v) is 5.08. The van der Waals surface area contributed by atoms with Crippen LogP contribution >= 0.6 is 0 Å². The van der Waals surface area contributed by atoms with Crippen LogP contribution in [0.1, 0.15) is 12.8 Å². The van der Waals surface area contributed by atoms with Gasteiger partial charge in [-0.1, -0.05) is 0 Å². The highest BCUT2D eigenvalue weighted by Crippen LogP contribution is 2.22. The first-order valence-electron chi connectivity index (χ1n) is 6.46. The van der Waals surface area contributed by atoms with Crippen molar-refractivity contribution < 1.29 is 19.4 Å². The van der Waals surface area contributed by atoms with Crippen molar-refractivity contribution in [1.82, 2.24) is 10.6 Å². The van der Waals surface area contributed by atoms with Crippen LogP contribution in [-0.4, -0.2) is 62.7 Å². The van der Waals surface area contributed by atoms with Gasteiger partial charge in [0.15, 0.2) is 0 Å². The lowest BCUT2D eigenvalue weighted by Gasteiger charge is -2.37. The first-order chi connectivity index (χ1) is 8.71. The van der Waals surface area contributed by atoms with Crippen LogP contribution in [0.25, 0.3) is 0 Å². The molecule has 2 fully saturated rings. The highest BCUT2D eigenvalue weighted by Gasteiger charge is 2.39. The van der Waals surface area contributed by atoms with E-state index in [4.69, 9.17) is 9.47 Å². The summed E-state index contributed by atoms with van der Waals surface area (Å²) in [6.07, 6.45) is 1.32. The summed E-state index contributed by atoms with van der Waals surface area (Å²) in [5.41, 5.74) is -0.518. The summed E-state index contributed by atoms with van der Waals surface area (Å²) in [5.74, 6) is -0.218. The predicted molar refractivity (Wildman–Crippen MR) is 65.2 cm³/mol. The van der Waals surface area contributed by atoms with E-state index < -0.39 is 5.54 Å². The molecule has 0 aliphatic carbocycles. The van der Waals surface area contributed by atoms with Crippen LogP contribution < -0.4 is 10.6 Å². The molecule has 0 bridgehead atoms. The molecular formula is C12H22N2O4. The zero-order chi connectivity index (χ0) is 13.0. The molecule has 18 heavy (non-hydrogen) atoms. The first-order valence-corrected chi connectivity index (χ1v) is 6.46. The topological polar surface area (TPSA) is 79.8 Å². The molecule has 2 aliphatic heterocycles. The van der Waals surface area contributed by atoms with E-state index in [9.17, 15) is 9.90 Å². The molecule has 2 aliphatic rings. The lowest BCUT2D eigenvalue weighted by atomic mass is 9.89. The molecule has 2 unspecified atom stereocenters. The number of hydrogen-bond acceptors (Lipinski definition) is 5. The van der Waals surface area contributed by atoms with E-state index in [2.05, 4.69) is 10.6 Å². The highest BCUT2D eigenvalue weighted by molar-refractivity contribution is 5.80. The van der Waals surface area contributed by atoms with Crippen molar-refractivity contribution >= 4 is 5.91 Å². The van der Waals surface area contributed by atoms with Crippen LogP contribution in [0.5, 0.6) is 0 Å². The smallest absolute Gasteiger partial charge is 0.227 e. The number of aliphatic hydroxyl groups excluding tert-OH is 1. The molecule has 2 heterocycles. The third-order valence-corrected chi connectivity index (χ3v) is 3.93. The molecular weight excluding hydrogens is 236 g/mol. The van der Waals surface area contributed by atoms with Crippen LogP contribution in [-0.2, 0) is 14.3 Å². The summed E-state index contributed by atoms with van der Waals surface area (Å²) in [6, 6.07) is 0.0561. The van der Waals surface area contributed by atoms with E-state index in [1.807, 2.05) is 7.05 Å². The van der Waals surface area contributed by atoms with E-state index in [-0.39, 0.29) is 24.5 Å². The first kappa shape index (κ1) is 13.7. The second kappa shape index (κ2) is 5.97. The lowest BCUT2D eigenvalue weighted by Crippen LogP contribution is -2.57. The van der Waals surface area contributed by atoms with Crippen molar-refractivity contribution in [3.63, 3.8) is 0 Å². The number of likely N-dealkylation sites (N-methyl/N-ethyl adjacent to an activating group) is 1. The average molecular weight is 258 g/mol. The third-order valence-electron chi connectivity index (χ3n) is 3.93. The van der Waals surface area contributed by atoms with Crippen molar-refractivity contribution in [3.05, 3.63) is 0 Å². The van der Waals surface area contributed by atoms with E-state index in [0.717, 1.165) is 0 Å². The number of nitrogens with one attached hydrogen (secondary N) is 2. The Morgan fingerprint density at radius 1 is 1.33 bits per heavy atom. The average Bonchev–Trinajstić information content (AvgIpc) is 2.88. The molecule has 0 spiro atoms. The van der Waals surface area contributed by atoms with E-state index in [1.165, 1.54) is 0 Å². The van der Waals surface area contributed by atoms with Gasteiger partial charge in [0.1, 0.15) is 0 Å². The van der Waals surface area contributed by atoms with Crippen molar-refractivity contribution in [2.24, 2.45) is 5.92 Å². The van der Waals surface area contributed by atoms with Crippen molar-refractivity contribution in [3.8, 4) is 0 Å². The minimum absolute atomic E-state index is 0.0391. The Labute approximate surface area is 107 Å². The third kappa shape index (κ3) is 2.83. The van der Waals surface area contributed by atoms with E-state index in [1.54, 1.807) is 0 Å². The minimum atomic E-state index is -0.518. The fourth-order valence-electron chi connectivity index (χ4n) is 2.54. The number of amides is 1. The summed E-state index contributed by atoms with van der Waals surface area (Å²) in [5, 5.41) is 15.6. The van der Waals surface area contributed by atoms with Gasteiger partial charge in [0, 0.05) is 19.3 Å². The van der Waals surface area contributed by atoms with Crippen LogP contribution in [0.3, 0.4) is 0 Å². The molecule has 0 aromatic heterocycles. The second-order valence-electron chi connectivity index (χ2n) is 5.08. The minimum Gasteiger partial charge on any atom is -0.394 e. The van der Waals surface area contributed by atoms with E-state index >= 15 is 0 Å². The molecule has 0 aromatic carbocycles. The van der Waals surface area contributed by atoms with Gasteiger partial charge in [-0.2, -0.15) is 0 Å². The molecule has 0 saturated carbocycles. The Hall–Kier alpha value is -0.690.